The van der Waals surface area contributed by atoms with Crippen molar-refractivity contribution in [2.24, 2.45) is 0 Å². The van der Waals surface area contributed by atoms with Gasteiger partial charge in [-0.15, -0.1) is 0 Å². The van der Waals surface area contributed by atoms with E-state index in [1.54, 1.807) is 0 Å². The molecule has 1 N–H and O–H groups in total. The van der Waals surface area contributed by atoms with Crippen LogP contribution in [0.15, 0.2) is 140 Å². The highest BCUT2D eigenvalue weighted by Crippen LogP contribution is 2.46. The Bertz CT molecular complexity index is 2020. The second kappa shape index (κ2) is 10.5. The molecule has 6 aromatic rings. The van der Waals surface area contributed by atoms with E-state index in [2.05, 4.69) is 145 Å². The molecule has 1 aliphatic carbocycles. The van der Waals surface area contributed by atoms with Gasteiger partial charge >= 0.3 is 0 Å². The summed E-state index contributed by atoms with van der Waals surface area (Å²) in [5.74, 6) is 0.457. The number of rotatable bonds is 4. The van der Waals surface area contributed by atoms with Crippen LogP contribution < -0.4 is 5.32 Å². The molecule has 8 rings (SSSR count). The average Bonchev–Trinajstić information content (AvgIpc) is 3.07. The van der Waals surface area contributed by atoms with Crippen molar-refractivity contribution in [2.75, 3.05) is 6.54 Å². The van der Waals surface area contributed by atoms with Crippen LogP contribution >= 0.6 is 0 Å². The molecule has 2 aliphatic rings. The van der Waals surface area contributed by atoms with Gasteiger partial charge in [-0.3, -0.25) is 0 Å². The Balaban J connectivity index is 1.38. The molecule has 1 nitrogen and oxygen atoms in total. The Morgan fingerprint density at radius 1 is 0.571 bits per heavy atom. The Morgan fingerprint density at radius 2 is 1.21 bits per heavy atom. The summed E-state index contributed by atoms with van der Waals surface area (Å²) in [6.07, 6.45) is 14.9. The van der Waals surface area contributed by atoms with Gasteiger partial charge in [0.2, 0.25) is 0 Å². The molecule has 0 bridgehead atoms. The molecule has 202 valence electrons. The lowest BCUT2D eigenvalue weighted by molar-refractivity contribution is 0.660. The van der Waals surface area contributed by atoms with Gasteiger partial charge in [0, 0.05) is 18.2 Å². The number of fused-ring (bicyclic) bond motifs is 3. The van der Waals surface area contributed by atoms with Crippen molar-refractivity contribution in [1.82, 2.24) is 5.32 Å². The molecule has 6 aromatic carbocycles. The largest absolute Gasteiger partial charge is 0.381 e. The summed E-state index contributed by atoms with van der Waals surface area (Å²) in [4.78, 5) is 0. The number of hydrogen-bond acceptors (Lipinski definition) is 1. The standard InChI is InChI=1S/C41H33N/c1-2-13-28(14-3-1)40-35-17-4-6-19-37(35)41(38-20-7-5-18-36(38)40)34-24-12-22-32-31(21-11-23-33(32)34)29-15-10-16-30(27-29)39-25-8-9-26-42-39/h2,4-13,15-25,27-28,42H,1,3,14,26H2. The fraction of sp³-hybridized carbons (Fsp3) is 0.122. The zero-order valence-electron chi connectivity index (χ0n) is 23.7. The quantitative estimate of drug-likeness (QED) is 0.173. The molecule has 0 radical (unpaired) electrons. The lowest BCUT2D eigenvalue weighted by atomic mass is 9.80. The van der Waals surface area contributed by atoms with Crippen molar-refractivity contribution in [3.8, 4) is 22.3 Å². The molecule has 0 amide bonds. The average molecular weight is 540 g/mol. The number of hydrogen-bond donors (Lipinski definition) is 1. The van der Waals surface area contributed by atoms with Gasteiger partial charge in [-0.05, 0) is 97.1 Å². The van der Waals surface area contributed by atoms with Crippen molar-refractivity contribution in [3.63, 3.8) is 0 Å². The third kappa shape index (κ3) is 4.16. The first kappa shape index (κ1) is 24.9. The van der Waals surface area contributed by atoms with Crippen LogP contribution in [-0.4, -0.2) is 6.54 Å². The first-order chi connectivity index (χ1) is 20.9. The van der Waals surface area contributed by atoms with Crippen LogP contribution in [0, 0.1) is 0 Å². The topological polar surface area (TPSA) is 12.0 Å². The Hall–Kier alpha value is -4.88. The summed E-state index contributed by atoms with van der Waals surface area (Å²) in [5.41, 5.74) is 9.01. The molecular weight excluding hydrogens is 506 g/mol. The van der Waals surface area contributed by atoms with Crippen LogP contribution in [0.25, 0.3) is 60.3 Å². The smallest absolute Gasteiger partial charge is 0.0416 e. The molecular formula is C41H33N. The van der Waals surface area contributed by atoms with Crippen LogP contribution in [0.3, 0.4) is 0 Å². The maximum absolute atomic E-state index is 3.51. The molecule has 1 aliphatic heterocycles. The zero-order chi connectivity index (χ0) is 27.9. The fourth-order valence-corrected chi connectivity index (χ4v) is 7.20. The molecule has 0 aromatic heterocycles. The van der Waals surface area contributed by atoms with E-state index in [1.165, 1.54) is 90.7 Å². The highest BCUT2D eigenvalue weighted by atomic mass is 14.9. The SMILES string of the molecule is C1=CCNC(c2cccc(-c3cccc4c(-c5c6ccccc6c(C6C=CCCC6)c6ccccc56)cccc34)c2)=C1. The molecule has 0 fully saturated rings. The van der Waals surface area contributed by atoms with Gasteiger partial charge in [0.1, 0.15) is 0 Å². The first-order valence-electron chi connectivity index (χ1n) is 15.2. The summed E-state index contributed by atoms with van der Waals surface area (Å²) in [6, 6.07) is 40.7. The third-order valence-corrected chi connectivity index (χ3v) is 9.08. The van der Waals surface area contributed by atoms with E-state index in [4.69, 9.17) is 0 Å². The lowest BCUT2D eigenvalue weighted by Gasteiger charge is -2.24. The number of dihydropyridines is 1. The first-order valence-corrected chi connectivity index (χ1v) is 15.2. The van der Waals surface area contributed by atoms with Crippen LogP contribution in [0.5, 0.6) is 0 Å². The second-order valence-electron chi connectivity index (χ2n) is 11.5. The van der Waals surface area contributed by atoms with Gasteiger partial charge in [0.25, 0.3) is 0 Å². The molecule has 0 spiro atoms. The summed E-state index contributed by atoms with van der Waals surface area (Å²) < 4.78 is 0. The van der Waals surface area contributed by atoms with Crippen molar-refractivity contribution >= 4 is 38.0 Å². The summed E-state index contributed by atoms with van der Waals surface area (Å²) in [6.45, 7) is 0.866. The minimum absolute atomic E-state index is 0.457. The van der Waals surface area contributed by atoms with Crippen molar-refractivity contribution < 1.29 is 0 Å². The van der Waals surface area contributed by atoms with Crippen molar-refractivity contribution in [2.45, 2.75) is 25.2 Å². The predicted octanol–water partition coefficient (Wildman–Crippen LogP) is 10.8. The molecule has 0 saturated heterocycles. The van der Waals surface area contributed by atoms with Crippen LogP contribution in [0.4, 0.5) is 0 Å². The van der Waals surface area contributed by atoms with Gasteiger partial charge in [0.15, 0.2) is 0 Å². The monoisotopic (exact) mass is 539 g/mol. The van der Waals surface area contributed by atoms with Gasteiger partial charge < -0.3 is 5.32 Å². The van der Waals surface area contributed by atoms with Gasteiger partial charge in [-0.25, -0.2) is 0 Å². The van der Waals surface area contributed by atoms with Crippen LogP contribution in [-0.2, 0) is 0 Å². The minimum atomic E-state index is 0.457. The van der Waals surface area contributed by atoms with Gasteiger partial charge in [-0.1, -0.05) is 127 Å². The fourth-order valence-electron chi connectivity index (χ4n) is 7.20. The molecule has 1 heteroatoms. The summed E-state index contributed by atoms with van der Waals surface area (Å²) in [5, 5.41) is 11.5. The van der Waals surface area contributed by atoms with E-state index in [9.17, 15) is 0 Å². The Morgan fingerprint density at radius 3 is 1.90 bits per heavy atom. The van der Waals surface area contributed by atoms with E-state index in [1.807, 2.05) is 0 Å². The maximum Gasteiger partial charge on any atom is 0.0416 e. The number of nitrogens with one attached hydrogen (secondary N) is 1. The van der Waals surface area contributed by atoms with Crippen LogP contribution in [0.2, 0.25) is 0 Å². The molecule has 1 unspecified atom stereocenters. The molecule has 1 atom stereocenters. The molecule has 0 saturated carbocycles. The van der Waals surface area contributed by atoms with E-state index >= 15 is 0 Å². The molecule has 42 heavy (non-hydrogen) atoms. The van der Waals surface area contributed by atoms with Gasteiger partial charge in [0.05, 0.1) is 0 Å². The van der Waals surface area contributed by atoms with Gasteiger partial charge in [-0.2, -0.15) is 0 Å². The summed E-state index contributed by atoms with van der Waals surface area (Å²) in [7, 11) is 0. The van der Waals surface area contributed by atoms with E-state index in [0.29, 0.717) is 5.92 Å². The predicted molar refractivity (Wildman–Crippen MR) is 181 cm³/mol. The third-order valence-electron chi connectivity index (χ3n) is 9.08. The minimum Gasteiger partial charge on any atom is -0.381 e. The normalized spacial score (nSPS) is 16.6. The highest BCUT2D eigenvalue weighted by Gasteiger charge is 2.22. The zero-order valence-corrected chi connectivity index (χ0v) is 23.7. The maximum atomic E-state index is 3.51. The van der Waals surface area contributed by atoms with Crippen LogP contribution in [0.1, 0.15) is 36.3 Å². The second-order valence-corrected chi connectivity index (χ2v) is 11.5. The highest BCUT2D eigenvalue weighted by molar-refractivity contribution is 6.19. The van der Waals surface area contributed by atoms with E-state index < -0.39 is 0 Å². The van der Waals surface area contributed by atoms with Crippen molar-refractivity contribution in [3.05, 3.63) is 151 Å². The molecule has 1 heterocycles. The number of allylic oxidation sites excluding steroid dienone is 4. The number of benzene rings is 6. The Kier molecular flexibility index (Phi) is 6.22. The summed E-state index contributed by atoms with van der Waals surface area (Å²) >= 11 is 0. The van der Waals surface area contributed by atoms with E-state index in [-0.39, 0.29) is 0 Å². The Labute approximate surface area is 247 Å². The van der Waals surface area contributed by atoms with E-state index in [0.717, 1.165) is 6.54 Å². The lowest BCUT2D eigenvalue weighted by Crippen LogP contribution is -2.14. The van der Waals surface area contributed by atoms with Crippen molar-refractivity contribution in [1.29, 1.82) is 0 Å².